The molecule has 1 aromatic heterocycles. The lowest BCUT2D eigenvalue weighted by Gasteiger charge is -2.12. The third-order valence-electron chi connectivity index (χ3n) is 3.22. The van der Waals surface area contributed by atoms with Gasteiger partial charge in [0, 0.05) is 11.1 Å². The smallest absolute Gasteiger partial charge is 0.304 e. The highest BCUT2D eigenvalue weighted by Gasteiger charge is 2.32. The Balaban J connectivity index is 1.92. The second-order valence-electron chi connectivity index (χ2n) is 5.32. The number of rotatable bonds is 5. The number of alkyl halides is 3. The molecule has 0 saturated heterocycles. The van der Waals surface area contributed by atoms with Gasteiger partial charge in [0.2, 0.25) is 5.91 Å². The summed E-state index contributed by atoms with van der Waals surface area (Å²) in [6.07, 6.45) is -4.31. The number of halogens is 5. The van der Waals surface area contributed by atoms with Gasteiger partial charge in [0.15, 0.2) is 0 Å². The maximum absolute atomic E-state index is 13.4. The lowest BCUT2D eigenvalue weighted by molar-refractivity contribution is -0.138. The molecule has 2 aromatic rings. The number of hydrazine groups is 1. The Morgan fingerprint density at radius 1 is 1.14 bits per heavy atom. The highest BCUT2D eigenvalue weighted by molar-refractivity contribution is 8.00. The lowest BCUT2D eigenvalue weighted by atomic mass is 10.2. The van der Waals surface area contributed by atoms with Crippen molar-refractivity contribution in [1.29, 1.82) is 0 Å². The van der Waals surface area contributed by atoms with E-state index >= 15 is 0 Å². The molecule has 0 saturated carbocycles. The van der Waals surface area contributed by atoms with E-state index in [1.165, 1.54) is 18.2 Å². The van der Waals surface area contributed by atoms with Crippen LogP contribution in [0.2, 0.25) is 5.02 Å². The average molecular weight is 438 g/mol. The molecule has 0 aliphatic rings. The van der Waals surface area contributed by atoms with Crippen LogP contribution < -0.4 is 16.4 Å². The van der Waals surface area contributed by atoms with E-state index in [4.69, 9.17) is 11.6 Å². The Hall–Kier alpha value is -2.53. The van der Waals surface area contributed by atoms with Gasteiger partial charge in [-0.1, -0.05) is 23.7 Å². The molecule has 150 valence electrons. The van der Waals surface area contributed by atoms with Crippen molar-refractivity contribution in [1.82, 2.24) is 15.4 Å². The molecule has 0 atom stereocenters. The molecule has 0 radical (unpaired) electrons. The molecule has 0 unspecified atom stereocenters. The van der Waals surface area contributed by atoms with E-state index in [9.17, 15) is 31.9 Å². The minimum absolute atomic E-state index is 0.226. The summed E-state index contributed by atoms with van der Waals surface area (Å²) in [7, 11) is 0. The summed E-state index contributed by atoms with van der Waals surface area (Å²) in [5, 5.41) is -0.701. The van der Waals surface area contributed by atoms with Gasteiger partial charge in [-0.25, -0.2) is 4.39 Å². The van der Waals surface area contributed by atoms with Gasteiger partial charge >= 0.3 is 6.18 Å². The molecule has 1 aromatic carbocycles. The summed E-state index contributed by atoms with van der Waals surface area (Å²) in [5.41, 5.74) is 1.78. The Morgan fingerprint density at radius 3 is 2.43 bits per heavy atom. The number of carbonyl (C=O) groups is 2. The van der Waals surface area contributed by atoms with Gasteiger partial charge in [0.1, 0.15) is 17.4 Å². The molecule has 0 aliphatic carbocycles. The average Bonchev–Trinajstić information content (AvgIpc) is 2.62. The van der Waals surface area contributed by atoms with Crippen molar-refractivity contribution < 1.29 is 27.2 Å². The highest BCUT2D eigenvalue weighted by Crippen LogP contribution is 2.29. The molecular formula is C16H12ClF4N3O3S. The van der Waals surface area contributed by atoms with Gasteiger partial charge < -0.3 is 4.57 Å². The van der Waals surface area contributed by atoms with Gasteiger partial charge in [-0.3, -0.25) is 25.2 Å². The number of hydrogen-bond acceptors (Lipinski definition) is 4. The first kappa shape index (κ1) is 21.8. The lowest BCUT2D eigenvalue weighted by Crippen LogP contribution is -2.45. The third-order valence-corrected chi connectivity index (χ3v) is 4.54. The minimum atomic E-state index is -4.76. The standard InChI is InChI=1S/C16H12ClF4N3O3S/c17-10-5-9(16(19,20)21)6-24(15(10)27)7-13(25)22-23-14(26)8-28-12-4-2-1-3-11(12)18/h1-6H,7-8H2,(H,22,25)(H,23,26). The predicted octanol–water partition coefficient (Wildman–Crippen LogP) is 2.60. The van der Waals surface area contributed by atoms with Crippen LogP contribution in [-0.2, 0) is 22.3 Å². The quantitative estimate of drug-likeness (QED) is 0.428. The summed E-state index contributed by atoms with van der Waals surface area (Å²) in [6.45, 7) is -0.802. The molecule has 1 heterocycles. The largest absolute Gasteiger partial charge is 0.417 e. The first-order valence-electron chi connectivity index (χ1n) is 7.50. The van der Waals surface area contributed by atoms with Gasteiger partial charge in [-0.2, -0.15) is 13.2 Å². The van der Waals surface area contributed by atoms with Crippen molar-refractivity contribution in [2.45, 2.75) is 17.6 Å². The summed E-state index contributed by atoms with van der Waals surface area (Å²) in [6, 6.07) is 6.22. The Labute approximate surface area is 164 Å². The number of hydrogen-bond donors (Lipinski definition) is 2. The number of thioether (sulfide) groups is 1. The van der Waals surface area contributed by atoms with Crippen molar-refractivity contribution in [3.8, 4) is 0 Å². The van der Waals surface area contributed by atoms with Gasteiger partial charge in [-0.15, -0.1) is 11.8 Å². The van der Waals surface area contributed by atoms with Crippen LogP contribution in [-0.4, -0.2) is 22.1 Å². The van der Waals surface area contributed by atoms with Crippen molar-refractivity contribution in [2.24, 2.45) is 0 Å². The maximum Gasteiger partial charge on any atom is 0.417 e. The first-order valence-corrected chi connectivity index (χ1v) is 8.86. The molecule has 12 heteroatoms. The molecule has 0 fully saturated rings. The van der Waals surface area contributed by atoms with Crippen molar-refractivity contribution in [3.63, 3.8) is 0 Å². The van der Waals surface area contributed by atoms with Crippen LogP contribution in [0.4, 0.5) is 17.6 Å². The van der Waals surface area contributed by atoms with E-state index in [0.29, 0.717) is 16.8 Å². The van der Waals surface area contributed by atoms with E-state index in [-0.39, 0.29) is 10.6 Å². The SMILES string of the molecule is O=C(CSc1ccccc1F)NNC(=O)Cn1cc(C(F)(F)F)cc(Cl)c1=O. The normalized spacial score (nSPS) is 11.2. The van der Waals surface area contributed by atoms with E-state index in [1.807, 2.05) is 10.9 Å². The molecular weight excluding hydrogens is 426 g/mol. The van der Waals surface area contributed by atoms with Crippen LogP contribution in [0.25, 0.3) is 0 Å². The Morgan fingerprint density at radius 2 is 1.79 bits per heavy atom. The summed E-state index contributed by atoms with van der Waals surface area (Å²) >= 11 is 6.36. The first-order chi connectivity index (χ1) is 13.1. The topological polar surface area (TPSA) is 80.2 Å². The fourth-order valence-electron chi connectivity index (χ4n) is 1.95. The highest BCUT2D eigenvalue weighted by atomic mass is 35.5. The zero-order valence-corrected chi connectivity index (χ0v) is 15.4. The van der Waals surface area contributed by atoms with Crippen molar-refractivity contribution in [3.05, 3.63) is 63.3 Å². The molecule has 0 aliphatic heterocycles. The van der Waals surface area contributed by atoms with Crippen LogP contribution in [0.5, 0.6) is 0 Å². The van der Waals surface area contributed by atoms with Crippen LogP contribution >= 0.6 is 23.4 Å². The number of amides is 2. The van der Waals surface area contributed by atoms with E-state index < -0.39 is 46.5 Å². The van der Waals surface area contributed by atoms with Crippen LogP contribution in [0.3, 0.4) is 0 Å². The summed E-state index contributed by atoms with van der Waals surface area (Å²) in [4.78, 5) is 35.5. The Bertz CT molecular complexity index is 949. The monoisotopic (exact) mass is 437 g/mol. The number of pyridine rings is 1. The van der Waals surface area contributed by atoms with Crippen LogP contribution in [0.1, 0.15) is 5.56 Å². The van der Waals surface area contributed by atoms with Gasteiger partial charge in [-0.05, 0) is 18.2 Å². The zero-order chi connectivity index (χ0) is 20.9. The van der Waals surface area contributed by atoms with E-state index in [2.05, 4.69) is 0 Å². The molecule has 0 bridgehead atoms. The second-order valence-corrected chi connectivity index (χ2v) is 6.75. The zero-order valence-electron chi connectivity index (χ0n) is 13.8. The van der Waals surface area contributed by atoms with Crippen molar-refractivity contribution >= 4 is 35.2 Å². The fourth-order valence-corrected chi connectivity index (χ4v) is 2.91. The maximum atomic E-state index is 13.4. The molecule has 2 rings (SSSR count). The second kappa shape index (κ2) is 9.11. The van der Waals surface area contributed by atoms with Gasteiger partial charge in [0.05, 0.1) is 11.3 Å². The number of aromatic nitrogens is 1. The summed E-state index contributed by atoms with van der Waals surface area (Å²) < 4.78 is 52.2. The third kappa shape index (κ3) is 5.99. The summed E-state index contributed by atoms with van der Waals surface area (Å²) in [5.74, 6) is -2.38. The van der Waals surface area contributed by atoms with Gasteiger partial charge in [0.25, 0.3) is 11.5 Å². The molecule has 2 N–H and O–H groups in total. The predicted molar refractivity (Wildman–Crippen MR) is 94.1 cm³/mol. The number of carbonyl (C=O) groups excluding carboxylic acids is 2. The number of nitrogens with one attached hydrogen (secondary N) is 2. The van der Waals surface area contributed by atoms with Crippen LogP contribution in [0, 0.1) is 5.82 Å². The molecule has 2 amide bonds. The fraction of sp³-hybridized carbons (Fsp3) is 0.188. The number of nitrogens with zero attached hydrogens (tertiary/aromatic N) is 1. The van der Waals surface area contributed by atoms with E-state index in [1.54, 1.807) is 6.07 Å². The number of benzene rings is 1. The molecule has 28 heavy (non-hydrogen) atoms. The minimum Gasteiger partial charge on any atom is -0.304 e. The van der Waals surface area contributed by atoms with Crippen LogP contribution in [0.15, 0.2) is 46.2 Å². The Kier molecular flexibility index (Phi) is 7.08. The van der Waals surface area contributed by atoms with E-state index in [0.717, 1.165) is 11.8 Å². The van der Waals surface area contributed by atoms with Crippen molar-refractivity contribution in [2.75, 3.05) is 5.75 Å². The molecule has 6 nitrogen and oxygen atoms in total. The molecule has 0 spiro atoms.